The van der Waals surface area contributed by atoms with Crippen LogP contribution in [0.1, 0.15) is 26.7 Å². The topological polar surface area (TPSA) is 69.7 Å². The molecule has 1 aliphatic rings. The smallest absolute Gasteiger partial charge is 0.252 e. The quantitative estimate of drug-likeness (QED) is 0.775. The number of amides is 1. The van der Waals surface area contributed by atoms with E-state index in [1.807, 2.05) is 14.1 Å². The average Bonchev–Trinajstić information content (AvgIpc) is 3.07. The number of carbonyl (C=O) groups is 1. The van der Waals surface area contributed by atoms with Gasteiger partial charge >= 0.3 is 0 Å². The number of rotatable bonds is 7. The highest BCUT2D eigenvalue weighted by molar-refractivity contribution is 7.91. The molecular formula is C17H29N3O3S2. The van der Waals surface area contributed by atoms with E-state index in [0.717, 1.165) is 6.54 Å². The molecule has 8 heteroatoms. The van der Waals surface area contributed by atoms with E-state index < -0.39 is 10.0 Å². The Morgan fingerprint density at radius 1 is 1.36 bits per heavy atom. The van der Waals surface area contributed by atoms with Gasteiger partial charge in [0.1, 0.15) is 4.21 Å². The number of carbonyl (C=O) groups excluding carboxylic acids is 1. The number of thiophene rings is 1. The highest BCUT2D eigenvalue weighted by Crippen LogP contribution is 2.26. The number of sulfonamides is 1. The van der Waals surface area contributed by atoms with Gasteiger partial charge in [0.25, 0.3) is 10.0 Å². The molecule has 2 heterocycles. The molecule has 0 radical (unpaired) electrons. The Bertz CT molecular complexity index is 661. The monoisotopic (exact) mass is 387 g/mol. The Balaban J connectivity index is 1.84. The van der Waals surface area contributed by atoms with Crippen molar-refractivity contribution in [2.75, 3.05) is 40.3 Å². The highest BCUT2D eigenvalue weighted by atomic mass is 32.2. The summed E-state index contributed by atoms with van der Waals surface area (Å²) in [6.07, 6.45) is 1.15. The summed E-state index contributed by atoms with van der Waals surface area (Å²) in [6, 6.07) is 3.37. The summed E-state index contributed by atoms with van der Waals surface area (Å²) in [6.45, 7) is 6.58. The van der Waals surface area contributed by atoms with Crippen LogP contribution < -0.4 is 5.32 Å². The molecule has 0 bridgehead atoms. The van der Waals surface area contributed by atoms with Crippen LogP contribution >= 0.6 is 11.3 Å². The maximum Gasteiger partial charge on any atom is 0.252 e. The van der Waals surface area contributed by atoms with Gasteiger partial charge in [0.2, 0.25) is 5.91 Å². The third-order valence-corrected chi connectivity index (χ3v) is 7.67. The van der Waals surface area contributed by atoms with E-state index in [9.17, 15) is 13.2 Å². The van der Waals surface area contributed by atoms with Crippen LogP contribution in [0.15, 0.2) is 21.7 Å². The second kappa shape index (κ2) is 8.16. The lowest BCUT2D eigenvalue weighted by Gasteiger charge is -2.32. The summed E-state index contributed by atoms with van der Waals surface area (Å²) < 4.78 is 26.9. The molecule has 1 amide bonds. The number of nitrogens with one attached hydrogen (secondary N) is 1. The minimum atomic E-state index is -3.40. The van der Waals surface area contributed by atoms with Crippen LogP contribution in [-0.2, 0) is 14.8 Å². The molecule has 1 N–H and O–H groups in total. The minimum Gasteiger partial charge on any atom is -0.355 e. The van der Waals surface area contributed by atoms with Crippen molar-refractivity contribution in [2.45, 2.75) is 30.9 Å². The molecule has 0 spiro atoms. The molecule has 25 heavy (non-hydrogen) atoms. The van der Waals surface area contributed by atoms with E-state index in [1.54, 1.807) is 17.5 Å². The minimum absolute atomic E-state index is 0.00235. The number of nitrogens with zero attached hydrogens (tertiary/aromatic N) is 2. The largest absolute Gasteiger partial charge is 0.355 e. The lowest BCUT2D eigenvalue weighted by molar-refractivity contribution is -0.126. The van der Waals surface area contributed by atoms with Gasteiger partial charge in [-0.15, -0.1) is 11.3 Å². The van der Waals surface area contributed by atoms with Crippen LogP contribution in [0.3, 0.4) is 0 Å². The van der Waals surface area contributed by atoms with Crippen LogP contribution in [0.4, 0.5) is 0 Å². The molecule has 0 unspecified atom stereocenters. The fourth-order valence-electron chi connectivity index (χ4n) is 3.28. The van der Waals surface area contributed by atoms with Crippen molar-refractivity contribution in [3.8, 4) is 0 Å². The zero-order chi connectivity index (χ0) is 18.7. The first kappa shape index (κ1) is 20.4. The summed E-state index contributed by atoms with van der Waals surface area (Å²) in [5.74, 6) is -0.0649. The van der Waals surface area contributed by atoms with Crippen molar-refractivity contribution in [1.82, 2.24) is 14.5 Å². The zero-order valence-corrected chi connectivity index (χ0v) is 17.1. The Morgan fingerprint density at radius 3 is 2.52 bits per heavy atom. The van der Waals surface area contributed by atoms with Crippen molar-refractivity contribution in [2.24, 2.45) is 11.3 Å². The molecule has 0 atom stereocenters. The van der Waals surface area contributed by atoms with Crippen molar-refractivity contribution in [3.05, 3.63) is 17.5 Å². The predicted octanol–water partition coefficient (Wildman–Crippen LogP) is 1.85. The van der Waals surface area contributed by atoms with Crippen molar-refractivity contribution in [1.29, 1.82) is 0 Å². The highest BCUT2D eigenvalue weighted by Gasteiger charge is 2.33. The van der Waals surface area contributed by atoms with Crippen molar-refractivity contribution >= 4 is 27.3 Å². The van der Waals surface area contributed by atoms with Crippen LogP contribution in [0.5, 0.6) is 0 Å². The third-order valence-electron chi connectivity index (χ3n) is 4.40. The van der Waals surface area contributed by atoms with E-state index in [-0.39, 0.29) is 17.2 Å². The van der Waals surface area contributed by atoms with Gasteiger partial charge in [0, 0.05) is 32.1 Å². The standard InChI is InChI=1S/C17H29N3O3S2/c1-17(2,13-19(3)4)12-18-16(21)14-7-9-20(10-8-14)25(22,23)15-6-5-11-24-15/h5-6,11,14H,7-10,12-13H2,1-4H3,(H,18,21). The van der Waals surface area contributed by atoms with Crippen molar-refractivity contribution < 1.29 is 13.2 Å². The summed E-state index contributed by atoms with van der Waals surface area (Å²) in [4.78, 5) is 14.5. The molecule has 142 valence electrons. The maximum absolute atomic E-state index is 12.5. The van der Waals surface area contributed by atoms with Crippen LogP contribution in [-0.4, -0.2) is 63.8 Å². The van der Waals surface area contributed by atoms with Crippen LogP contribution in [0, 0.1) is 11.3 Å². The summed E-state index contributed by atoms with van der Waals surface area (Å²) in [7, 11) is 0.640. The first-order chi connectivity index (χ1) is 11.6. The lowest BCUT2D eigenvalue weighted by atomic mass is 9.91. The molecule has 1 aromatic heterocycles. The second-order valence-electron chi connectivity index (χ2n) is 7.73. The van der Waals surface area contributed by atoms with Gasteiger partial charge in [-0.2, -0.15) is 4.31 Å². The van der Waals surface area contributed by atoms with Gasteiger partial charge in [0.15, 0.2) is 0 Å². The summed E-state index contributed by atoms with van der Waals surface area (Å²) >= 11 is 1.23. The third kappa shape index (κ3) is 5.51. The Labute approximate surface area is 155 Å². The number of hydrogen-bond acceptors (Lipinski definition) is 5. The number of hydrogen-bond donors (Lipinski definition) is 1. The summed E-state index contributed by atoms with van der Waals surface area (Å²) in [5.41, 5.74) is 0.00235. The molecule has 2 rings (SSSR count). The van der Waals surface area contributed by atoms with E-state index in [0.29, 0.717) is 36.7 Å². The fourth-order valence-corrected chi connectivity index (χ4v) is 5.89. The Kier molecular flexibility index (Phi) is 6.64. The molecule has 0 aliphatic carbocycles. The fraction of sp³-hybridized carbons (Fsp3) is 0.706. The zero-order valence-electron chi connectivity index (χ0n) is 15.5. The van der Waals surface area contributed by atoms with Gasteiger partial charge in [-0.1, -0.05) is 19.9 Å². The molecule has 1 fully saturated rings. The van der Waals surface area contributed by atoms with Gasteiger partial charge < -0.3 is 10.2 Å². The van der Waals surface area contributed by atoms with Gasteiger partial charge in [0.05, 0.1) is 0 Å². The molecule has 1 saturated heterocycles. The second-order valence-corrected chi connectivity index (χ2v) is 10.8. The first-order valence-corrected chi connectivity index (χ1v) is 10.9. The van der Waals surface area contributed by atoms with Crippen LogP contribution in [0.25, 0.3) is 0 Å². The first-order valence-electron chi connectivity index (χ1n) is 8.58. The predicted molar refractivity (Wildman–Crippen MR) is 101 cm³/mol. The normalized spacial score (nSPS) is 17.8. The molecule has 0 aromatic carbocycles. The van der Waals surface area contributed by atoms with Crippen molar-refractivity contribution in [3.63, 3.8) is 0 Å². The van der Waals surface area contributed by atoms with E-state index in [4.69, 9.17) is 0 Å². The average molecular weight is 388 g/mol. The van der Waals surface area contributed by atoms with E-state index in [2.05, 4.69) is 24.1 Å². The van der Waals surface area contributed by atoms with Gasteiger partial charge in [-0.25, -0.2) is 8.42 Å². The Hall–Kier alpha value is -0.960. The Morgan fingerprint density at radius 2 is 2.00 bits per heavy atom. The maximum atomic E-state index is 12.5. The molecule has 0 saturated carbocycles. The van der Waals surface area contributed by atoms with Crippen LogP contribution in [0.2, 0.25) is 0 Å². The van der Waals surface area contributed by atoms with E-state index in [1.165, 1.54) is 15.6 Å². The SMILES string of the molecule is CN(C)CC(C)(C)CNC(=O)C1CCN(S(=O)(=O)c2cccs2)CC1. The van der Waals surface area contributed by atoms with Gasteiger partial charge in [-0.05, 0) is 43.8 Å². The van der Waals surface area contributed by atoms with E-state index >= 15 is 0 Å². The summed E-state index contributed by atoms with van der Waals surface area (Å²) in [5, 5.41) is 4.81. The van der Waals surface area contributed by atoms with Gasteiger partial charge in [-0.3, -0.25) is 4.79 Å². The molecule has 1 aromatic rings. The lowest BCUT2D eigenvalue weighted by Crippen LogP contribution is -2.45. The molecular weight excluding hydrogens is 358 g/mol. The molecule has 1 aliphatic heterocycles. The number of piperidine rings is 1. The molecule has 6 nitrogen and oxygen atoms in total.